The predicted molar refractivity (Wildman–Crippen MR) is 78.3 cm³/mol. The SMILES string of the molecule is CNCCc1ccccc1C(=O)c1cncc(OC)c1. The zero-order valence-corrected chi connectivity index (χ0v) is 11.7. The van der Waals surface area contributed by atoms with Crippen molar-refractivity contribution in [3.63, 3.8) is 0 Å². The van der Waals surface area contributed by atoms with Crippen molar-refractivity contribution in [1.82, 2.24) is 10.3 Å². The first kappa shape index (κ1) is 14.2. The number of carbonyl (C=O) groups excluding carboxylic acids is 1. The summed E-state index contributed by atoms with van der Waals surface area (Å²) in [5.41, 5.74) is 2.30. The Balaban J connectivity index is 2.32. The maximum absolute atomic E-state index is 12.6. The summed E-state index contributed by atoms with van der Waals surface area (Å²) >= 11 is 0. The number of carbonyl (C=O) groups is 1. The van der Waals surface area contributed by atoms with Gasteiger partial charge in [-0.15, -0.1) is 0 Å². The lowest BCUT2D eigenvalue weighted by atomic mass is 9.97. The Kier molecular flexibility index (Phi) is 4.85. The number of methoxy groups -OCH3 is 1. The normalized spacial score (nSPS) is 10.3. The summed E-state index contributed by atoms with van der Waals surface area (Å²) in [7, 11) is 3.46. The standard InChI is InChI=1S/C16H18N2O2/c1-17-8-7-12-5-3-4-6-15(12)16(19)13-9-14(20-2)11-18-10-13/h3-6,9-11,17H,7-8H2,1-2H3. The van der Waals surface area contributed by atoms with Crippen molar-refractivity contribution < 1.29 is 9.53 Å². The Morgan fingerprint density at radius 3 is 2.85 bits per heavy atom. The third-order valence-corrected chi connectivity index (χ3v) is 3.12. The smallest absolute Gasteiger partial charge is 0.194 e. The number of rotatable bonds is 6. The minimum absolute atomic E-state index is 0.0249. The molecule has 1 heterocycles. The fourth-order valence-corrected chi connectivity index (χ4v) is 2.03. The van der Waals surface area contributed by atoms with E-state index < -0.39 is 0 Å². The molecule has 0 aliphatic carbocycles. The topological polar surface area (TPSA) is 51.2 Å². The lowest BCUT2D eigenvalue weighted by Crippen LogP contribution is -2.13. The summed E-state index contributed by atoms with van der Waals surface area (Å²) in [5, 5.41) is 3.10. The Bertz CT molecular complexity index is 597. The van der Waals surface area contributed by atoms with Crippen molar-refractivity contribution in [2.45, 2.75) is 6.42 Å². The second-order valence-corrected chi connectivity index (χ2v) is 4.45. The van der Waals surface area contributed by atoms with Crippen LogP contribution in [-0.4, -0.2) is 31.5 Å². The van der Waals surface area contributed by atoms with E-state index in [0.29, 0.717) is 11.3 Å². The minimum Gasteiger partial charge on any atom is -0.495 e. The molecule has 1 N–H and O–H groups in total. The summed E-state index contributed by atoms with van der Waals surface area (Å²) in [4.78, 5) is 16.6. The van der Waals surface area contributed by atoms with E-state index in [-0.39, 0.29) is 5.78 Å². The van der Waals surface area contributed by atoms with Crippen LogP contribution in [-0.2, 0) is 6.42 Å². The number of nitrogens with zero attached hydrogens (tertiary/aromatic N) is 1. The number of ether oxygens (including phenoxy) is 1. The van der Waals surface area contributed by atoms with Gasteiger partial charge in [-0.1, -0.05) is 24.3 Å². The molecule has 0 aliphatic rings. The van der Waals surface area contributed by atoms with Crippen molar-refractivity contribution >= 4 is 5.78 Å². The largest absolute Gasteiger partial charge is 0.495 e. The van der Waals surface area contributed by atoms with Gasteiger partial charge in [-0.05, 0) is 31.6 Å². The van der Waals surface area contributed by atoms with Crippen molar-refractivity contribution in [2.24, 2.45) is 0 Å². The summed E-state index contributed by atoms with van der Waals surface area (Å²) in [6, 6.07) is 9.38. The molecule has 0 spiro atoms. The van der Waals surface area contributed by atoms with Crippen molar-refractivity contribution in [3.8, 4) is 5.75 Å². The number of hydrogen-bond donors (Lipinski definition) is 1. The highest BCUT2D eigenvalue weighted by Gasteiger charge is 2.14. The molecule has 0 atom stereocenters. The molecule has 0 radical (unpaired) electrons. The van der Waals surface area contributed by atoms with E-state index >= 15 is 0 Å². The first-order valence-corrected chi connectivity index (χ1v) is 6.52. The first-order valence-electron chi connectivity index (χ1n) is 6.52. The Hall–Kier alpha value is -2.20. The fraction of sp³-hybridized carbons (Fsp3) is 0.250. The van der Waals surface area contributed by atoms with E-state index in [1.165, 1.54) is 0 Å². The first-order chi connectivity index (χ1) is 9.76. The summed E-state index contributed by atoms with van der Waals surface area (Å²) in [6.07, 6.45) is 3.97. The zero-order chi connectivity index (χ0) is 14.4. The third kappa shape index (κ3) is 3.22. The second kappa shape index (κ2) is 6.82. The van der Waals surface area contributed by atoms with Gasteiger partial charge in [0.25, 0.3) is 0 Å². The number of ketones is 1. The fourth-order valence-electron chi connectivity index (χ4n) is 2.03. The monoisotopic (exact) mass is 270 g/mol. The Labute approximate surface area is 118 Å². The molecule has 0 unspecified atom stereocenters. The van der Waals surface area contributed by atoms with E-state index in [9.17, 15) is 4.79 Å². The van der Waals surface area contributed by atoms with Gasteiger partial charge < -0.3 is 10.1 Å². The molecule has 0 amide bonds. The van der Waals surface area contributed by atoms with E-state index in [2.05, 4.69) is 10.3 Å². The molecule has 0 bridgehead atoms. The molecule has 104 valence electrons. The Morgan fingerprint density at radius 2 is 2.10 bits per heavy atom. The lowest BCUT2D eigenvalue weighted by Gasteiger charge is -2.09. The summed E-state index contributed by atoms with van der Waals surface area (Å²) in [5.74, 6) is 0.562. The number of aromatic nitrogens is 1. The van der Waals surface area contributed by atoms with Gasteiger partial charge in [-0.3, -0.25) is 9.78 Å². The van der Waals surface area contributed by atoms with Crippen LogP contribution in [0, 0.1) is 0 Å². The van der Waals surface area contributed by atoms with Gasteiger partial charge in [0.2, 0.25) is 0 Å². The molecule has 2 aromatic rings. The van der Waals surface area contributed by atoms with E-state index in [1.807, 2.05) is 31.3 Å². The molecule has 4 heteroatoms. The average molecular weight is 270 g/mol. The molecule has 1 aromatic heterocycles. The van der Waals surface area contributed by atoms with Crippen molar-refractivity contribution in [3.05, 3.63) is 59.4 Å². The predicted octanol–water partition coefficient (Wildman–Crippen LogP) is 2.08. The molecule has 4 nitrogen and oxygen atoms in total. The Morgan fingerprint density at radius 1 is 1.30 bits per heavy atom. The van der Waals surface area contributed by atoms with Crippen LogP contribution in [0.2, 0.25) is 0 Å². The number of benzene rings is 1. The van der Waals surface area contributed by atoms with Crippen LogP contribution in [0.5, 0.6) is 5.75 Å². The molecule has 2 rings (SSSR count). The molecular weight excluding hydrogens is 252 g/mol. The van der Waals surface area contributed by atoms with Gasteiger partial charge in [-0.2, -0.15) is 0 Å². The molecule has 0 saturated heterocycles. The number of hydrogen-bond acceptors (Lipinski definition) is 4. The highest BCUT2D eigenvalue weighted by Crippen LogP contribution is 2.17. The van der Waals surface area contributed by atoms with Crippen molar-refractivity contribution in [1.29, 1.82) is 0 Å². The van der Waals surface area contributed by atoms with Crippen LogP contribution in [0.15, 0.2) is 42.7 Å². The molecular formula is C16H18N2O2. The highest BCUT2D eigenvalue weighted by atomic mass is 16.5. The molecule has 0 aliphatic heterocycles. The van der Waals surface area contributed by atoms with E-state index in [1.54, 1.807) is 25.6 Å². The van der Waals surface area contributed by atoms with Crippen molar-refractivity contribution in [2.75, 3.05) is 20.7 Å². The lowest BCUT2D eigenvalue weighted by molar-refractivity contribution is 0.103. The van der Waals surface area contributed by atoms with Gasteiger partial charge >= 0.3 is 0 Å². The maximum atomic E-state index is 12.6. The molecule has 20 heavy (non-hydrogen) atoms. The number of nitrogens with one attached hydrogen (secondary N) is 1. The van der Waals surface area contributed by atoms with Crippen LogP contribution in [0.1, 0.15) is 21.5 Å². The van der Waals surface area contributed by atoms with Gasteiger partial charge in [-0.25, -0.2) is 0 Å². The summed E-state index contributed by atoms with van der Waals surface area (Å²) in [6.45, 7) is 0.834. The van der Waals surface area contributed by atoms with E-state index in [4.69, 9.17) is 4.74 Å². The van der Waals surface area contributed by atoms with Crippen LogP contribution >= 0.6 is 0 Å². The van der Waals surface area contributed by atoms with Gasteiger partial charge in [0.1, 0.15) is 5.75 Å². The third-order valence-electron chi connectivity index (χ3n) is 3.12. The maximum Gasteiger partial charge on any atom is 0.194 e. The quantitative estimate of drug-likeness (QED) is 0.817. The van der Waals surface area contributed by atoms with E-state index in [0.717, 1.165) is 24.1 Å². The van der Waals surface area contributed by atoms with Crippen LogP contribution in [0.25, 0.3) is 0 Å². The highest BCUT2D eigenvalue weighted by molar-refractivity contribution is 6.09. The minimum atomic E-state index is -0.0249. The van der Waals surface area contributed by atoms with Gasteiger partial charge in [0.05, 0.1) is 13.3 Å². The van der Waals surface area contributed by atoms with Gasteiger partial charge in [0.15, 0.2) is 5.78 Å². The molecule has 0 fully saturated rings. The second-order valence-electron chi connectivity index (χ2n) is 4.45. The van der Waals surface area contributed by atoms with Crippen LogP contribution < -0.4 is 10.1 Å². The number of pyridine rings is 1. The summed E-state index contributed by atoms with van der Waals surface area (Å²) < 4.78 is 5.11. The van der Waals surface area contributed by atoms with Crippen LogP contribution in [0.3, 0.4) is 0 Å². The average Bonchev–Trinajstić information content (AvgIpc) is 2.52. The zero-order valence-electron chi connectivity index (χ0n) is 11.7. The van der Waals surface area contributed by atoms with Crippen LogP contribution in [0.4, 0.5) is 0 Å². The van der Waals surface area contributed by atoms with Gasteiger partial charge in [0, 0.05) is 17.3 Å². The molecule has 1 aromatic carbocycles. The number of likely N-dealkylation sites (N-methyl/N-ethyl adjacent to an activating group) is 1. The molecule has 0 saturated carbocycles.